The summed E-state index contributed by atoms with van der Waals surface area (Å²) in [7, 11) is -2.63. The normalized spacial score (nSPS) is 12.0. The Balaban J connectivity index is 2.02. The van der Waals surface area contributed by atoms with Crippen LogP contribution in [0.3, 0.4) is 0 Å². The number of ketones is 1. The zero-order valence-corrected chi connectivity index (χ0v) is 17.1. The van der Waals surface area contributed by atoms with Crippen LogP contribution in [0.4, 0.5) is 11.4 Å². The van der Waals surface area contributed by atoms with E-state index >= 15 is 0 Å². The van der Waals surface area contributed by atoms with Crippen molar-refractivity contribution in [1.82, 2.24) is 0 Å². The molecule has 2 aromatic carbocycles. The highest BCUT2D eigenvalue weighted by molar-refractivity contribution is 7.93. The van der Waals surface area contributed by atoms with Gasteiger partial charge in [-0.1, -0.05) is 12.1 Å². The molecule has 0 aromatic heterocycles. The first kappa shape index (κ1) is 22.1. The number of nitrogens with one attached hydrogen (secondary N) is 2. The van der Waals surface area contributed by atoms with Crippen molar-refractivity contribution in [3.63, 3.8) is 0 Å². The van der Waals surface area contributed by atoms with Gasteiger partial charge in [-0.3, -0.25) is 14.4 Å². The number of benzene rings is 2. The van der Waals surface area contributed by atoms with Crippen LogP contribution in [-0.4, -0.2) is 44.1 Å². The fourth-order valence-corrected chi connectivity index (χ4v) is 3.51. The van der Waals surface area contributed by atoms with Crippen LogP contribution in [0.15, 0.2) is 48.5 Å². The SMILES string of the molecule is COc1ccccc1NC(=O)CS(=O)(=O)C(C)C(=O)Nc1ccc(C(C)=O)cc1. The van der Waals surface area contributed by atoms with E-state index in [9.17, 15) is 22.8 Å². The van der Waals surface area contributed by atoms with E-state index in [2.05, 4.69) is 10.6 Å². The predicted molar refractivity (Wildman–Crippen MR) is 110 cm³/mol. The number of rotatable bonds is 8. The number of amides is 2. The minimum atomic E-state index is -4.06. The Morgan fingerprint density at radius 1 is 1.00 bits per heavy atom. The van der Waals surface area contributed by atoms with E-state index < -0.39 is 32.7 Å². The number of sulfone groups is 1. The van der Waals surface area contributed by atoms with Crippen LogP contribution in [0.2, 0.25) is 0 Å². The molecule has 2 rings (SSSR count). The number of para-hydroxylation sites is 2. The number of carbonyl (C=O) groups excluding carboxylic acids is 3. The average Bonchev–Trinajstić information content (AvgIpc) is 2.67. The number of hydrogen-bond acceptors (Lipinski definition) is 6. The van der Waals surface area contributed by atoms with Gasteiger partial charge in [0.05, 0.1) is 12.8 Å². The number of carbonyl (C=O) groups is 3. The Hall–Kier alpha value is -3.20. The topological polar surface area (TPSA) is 119 Å². The molecule has 2 N–H and O–H groups in total. The van der Waals surface area contributed by atoms with E-state index in [0.29, 0.717) is 22.7 Å². The van der Waals surface area contributed by atoms with Crippen LogP contribution < -0.4 is 15.4 Å². The Kier molecular flexibility index (Phi) is 7.11. The average molecular weight is 418 g/mol. The second-order valence-corrected chi connectivity index (χ2v) is 8.64. The zero-order valence-electron chi connectivity index (χ0n) is 16.3. The summed E-state index contributed by atoms with van der Waals surface area (Å²) >= 11 is 0. The number of Topliss-reactive ketones (excluding diaryl/α,β-unsaturated/α-hetero) is 1. The van der Waals surface area contributed by atoms with Crippen LogP contribution in [0.5, 0.6) is 5.75 Å². The minimum Gasteiger partial charge on any atom is -0.495 e. The van der Waals surface area contributed by atoms with Crippen LogP contribution in [0, 0.1) is 0 Å². The lowest BCUT2D eigenvalue weighted by Gasteiger charge is -2.14. The molecular weight excluding hydrogens is 396 g/mol. The van der Waals surface area contributed by atoms with Gasteiger partial charge < -0.3 is 15.4 Å². The maximum absolute atomic E-state index is 12.5. The Bertz CT molecular complexity index is 1020. The number of ether oxygens (including phenoxy) is 1. The number of methoxy groups -OCH3 is 1. The maximum Gasteiger partial charge on any atom is 0.242 e. The molecule has 0 heterocycles. The lowest BCUT2D eigenvalue weighted by Crippen LogP contribution is -2.37. The van der Waals surface area contributed by atoms with Crippen molar-refractivity contribution in [2.24, 2.45) is 0 Å². The smallest absolute Gasteiger partial charge is 0.242 e. The van der Waals surface area contributed by atoms with Gasteiger partial charge in [-0.2, -0.15) is 0 Å². The van der Waals surface area contributed by atoms with Gasteiger partial charge in [-0.15, -0.1) is 0 Å². The molecular formula is C20H22N2O6S. The van der Waals surface area contributed by atoms with E-state index in [4.69, 9.17) is 4.74 Å². The van der Waals surface area contributed by atoms with Crippen molar-refractivity contribution in [2.45, 2.75) is 19.1 Å². The van der Waals surface area contributed by atoms with E-state index in [1.807, 2.05) is 0 Å². The molecule has 2 amide bonds. The molecule has 0 aliphatic heterocycles. The predicted octanol–water partition coefficient (Wildman–Crippen LogP) is 2.28. The third-order valence-corrected chi connectivity index (χ3v) is 6.14. The van der Waals surface area contributed by atoms with E-state index in [0.717, 1.165) is 0 Å². The summed E-state index contributed by atoms with van der Waals surface area (Å²) in [4.78, 5) is 35.8. The molecule has 154 valence electrons. The van der Waals surface area contributed by atoms with Gasteiger partial charge in [0.2, 0.25) is 11.8 Å². The van der Waals surface area contributed by atoms with Crippen molar-refractivity contribution in [3.05, 3.63) is 54.1 Å². The van der Waals surface area contributed by atoms with Crippen molar-refractivity contribution in [2.75, 3.05) is 23.5 Å². The van der Waals surface area contributed by atoms with Crippen molar-refractivity contribution >= 4 is 38.8 Å². The monoisotopic (exact) mass is 418 g/mol. The van der Waals surface area contributed by atoms with Crippen LogP contribution >= 0.6 is 0 Å². The van der Waals surface area contributed by atoms with Gasteiger partial charge in [0.1, 0.15) is 16.8 Å². The summed E-state index contributed by atoms with van der Waals surface area (Å²) in [5.74, 6) is -2.15. The highest BCUT2D eigenvalue weighted by Gasteiger charge is 2.30. The van der Waals surface area contributed by atoms with Crippen LogP contribution in [-0.2, 0) is 19.4 Å². The zero-order chi connectivity index (χ0) is 21.6. The Labute approximate surface area is 169 Å². The van der Waals surface area contributed by atoms with Crippen molar-refractivity contribution < 1.29 is 27.5 Å². The van der Waals surface area contributed by atoms with E-state index in [-0.39, 0.29) is 5.78 Å². The minimum absolute atomic E-state index is 0.125. The van der Waals surface area contributed by atoms with Crippen LogP contribution in [0.1, 0.15) is 24.2 Å². The first-order valence-corrected chi connectivity index (χ1v) is 10.4. The molecule has 0 saturated heterocycles. The maximum atomic E-state index is 12.5. The quantitative estimate of drug-likeness (QED) is 0.635. The van der Waals surface area contributed by atoms with Gasteiger partial charge in [0.15, 0.2) is 15.6 Å². The largest absolute Gasteiger partial charge is 0.495 e. The van der Waals surface area contributed by atoms with Gasteiger partial charge in [-0.05, 0) is 50.2 Å². The molecule has 29 heavy (non-hydrogen) atoms. The standard InChI is InChI=1S/C20H22N2O6S/c1-13(23)15-8-10-16(11-9-15)21-20(25)14(2)29(26,27)12-19(24)22-17-6-4-5-7-18(17)28-3/h4-11,14H,12H2,1-3H3,(H,21,25)(H,22,24). The van der Waals surface area contributed by atoms with Crippen LogP contribution in [0.25, 0.3) is 0 Å². The van der Waals surface area contributed by atoms with Crippen molar-refractivity contribution in [1.29, 1.82) is 0 Å². The lowest BCUT2D eigenvalue weighted by molar-refractivity contribution is -0.115. The summed E-state index contributed by atoms with van der Waals surface area (Å²) in [5.41, 5.74) is 1.15. The third kappa shape index (κ3) is 5.89. The molecule has 0 fully saturated rings. The second kappa shape index (κ2) is 9.33. The first-order valence-electron chi connectivity index (χ1n) is 8.70. The molecule has 9 heteroatoms. The molecule has 2 aromatic rings. The van der Waals surface area contributed by atoms with Crippen molar-refractivity contribution in [3.8, 4) is 5.75 Å². The molecule has 0 aliphatic carbocycles. The third-order valence-electron chi connectivity index (χ3n) is 4.18. The fraction of sp³-hybridized carbons (Fsp3) is 0.250. The molecule has 0 radical (unpaired) electrons. The molecule has 0 bridgehead atoms. The Morgan fingerprint density at radius 3 is 2.21 bits per heavy atom. The summed E-state index contributed by atoms with van der Waals surface area (Å²) < 4.78 is 30.0. The molecule has 0 aliphatic rings. The number of hydrogen-bond donors (Lipinski definition) is 2. The van der Waals surface area contributed by atoms with Gasteiger partial charge in [0.25, 0.3) is 0 Å². The Morgan fingerprint density at radius 2 is 1.62 bits per heavy atom. The molecule has 0 saturated carbocycles. The number of anilines is 2. The lowest BCUT2D eigenvalue weighted by atomic mass is 10.1. The molecule has 0 spiro atoms. The highest BCUT2D eigenvalue weighted by Crippen LogP contribution is 2.23. The summed E-state index contributed by atoms with van der Waals surface area (Å²) in [6.45, 7) is 2.63. The summed E-state index contributed by atoms with van der Waals surface area (Å²) in [6.07, 6.45) is 0. The first-order chi connectivity index (χ1) is 13.6. The van der Waals surface area contributed by atoms with Gasteiger partial charge >= 0.3 is 0 Å². The highest BCUT2D eigenvalue weighted by atomic mass is 32.2. The van der Waals surface area contributed by atoms with Gasteiger partial charge in [-0.25, -0.2) is 8.42 Å². The molecule has 1 unspecified atom stereocenters. The summed E-state index contributed by atoms with van der Waals surface area (Å²) in [5, 5.41) is 3.50. The fourth-order valence-electron chi connectivity index (χ4n) is 2.44. The van der Waals surface area contributed by atoms with E-state index in [1.54, 1.807) is 24.3 Å². The van der Waals surface area contributed by atoms with Gasteiger partial charge in [0, 0.05) is 11.3 Å². The molecule has 8 nitrogen and oxygen atoms in total. The van der Waals surface area contributed by atoms with E-state index in [1.165, 1.54) is 45.2 Å². The second-order valence-electron chi connectivity index (χ2n) is 6.32. The molecule has 1 atom stereocenters. The summed E-state index contributed by atoms with van der Waals surface area (Å²) in [6, 6.07) is 12.6.